The maximum absolute atomic E-state index is 11.1. The Hall–Kier alpha value is -2.04. The van der Waals surface area contributed by atoms with Gasteiger partial charge in [-0.2, -0.15) is 0 Å². The number of carboxylic acids is 1. The van der Waals surface area contributed by atoms with Crippen LogP contribution in [0.15, 0.2) is 42.5 Å². The molecule has 1 aliphatic carbocycles. The lowest BCUT2D eigenvalue weighted by Gasteiger charge is -2.16. The van der Waals surface area contributed by atoms with Gasteiger partial charge >= 0.3 is 5.97 Å². The number of carboxylic acid groups (broad SMARTS) is 1. The number of benzene rings is 2. The molecule has 0 saturated heterocycles. The van der Waals surface area contributed by atoms with E-state index in [1.54, 1.807) is 18.2 Å². The maximum Gasteiger partial charge on any atom is 0.337 e. The summed E-state index contributed by atoms with van der Waals surface area (Å²) in [5.74, 6) is -1.04. The fourth-order valence-electron chi connectivity index (χ4n) is 2.79. The Kier molecular flexibility index (Phi) is 3.57. The van der Waals surface area contributed by atoms with Gasteiger partial charge < -0.3 is 16.2 Å². The summed E-state index contributed by atoms with van der Waals surface area (Å²) >= 11 is 5.88. The lowest BCUT2D eigenvalue weighted by Crippen LogP contribution is -2.10. The van der Waals surface area contributed by atoms with Gasteiger partial charge in [0.1, 0.15) is 0 Å². The molecular weight excluding hydrogens is 288 g/mol. The van der Waals surface area contributed by atoms with Crippen molar-refractivity contribution in [3.63, 3.8) is 0 Å². The molecule has 0 fully saturated rings. The third-order valence-corrected chi connectivity index (χ3v) is 4.13. The number of hydrogen-bond acceptors (Lipinski definition) is 3. The van der Waals surface area contributed by atoms with Crippen molar-refractivity contribution in [2.45, 2.75) is 18.5 Å². The number of anilines is 1. The monoisotopic (exact) mass is 302 g/mol. The van der Waals surface area contributed by atoms with Crippen molar-refractivity contribution in [3.8, 4) is 0 Å². The minimum Gasteiger partial charge on any atom is -0.478 e. The Morgan fingerprint density at radius 3 is 2.67 bits per heavy atom. The first-order chi connectivity index (χ1) is 10.1. The number of halogens is 1. The fourth-order valence-corrected chi connectivity index (χ4v) is 2.99. The number of fused-ring (bicyclic) bond motifs is 1. The van der Waals surface area contributed by atoms with E-state index in [1.165, 1.54) is 0 Å². The number of carbonyl (C=O) groups is 1. The highest BCUT2D eigenvalue weighted by molar-refractivity contribution is 6.33. The molecule has 0 amide bonds. The molecule has 108 valence electrons. The Bertz CT molecular complexity index is 702. The minimum atomic E-state index is -1.04. The zero-order valence-corrected chi connectivity index (χ0v) is 12.0. The molecule has 0 bridgehead atoms. The molecule has 0 spiro atoms. The van der Waals surface area contributed by atoms with Gasteiger partial charge in [-0.05, 0) is 35.7 Å². The first-order valence-electron chi connectivity index (χ1n) is 6.70. The Morgan fingerprint density at radius 2 is 1.95 bits per heavy atom. The van der Waals surface area contributed by atoms with Gasteiger partial charge in [0.2, 0.25) is 0 Å². The van der Waals surface area contributed by atoms with Gasteiger partial charge in [-0.1, -0.05) is 35.9 Å². The summed E-state index contributed by atoms with van der Waals surface area (Å²) in [7, 11) is 0. The normalized spacial score (nSPS) is 20.1. The van der Waals surface area contributed by atoms with Crippen molar-refractivity contribution >= 4 is 23.3 Å². The Labute approximate surface area is 127 Å². The van der Waals surface area contributed by atoms with Crippen molar-refractivity contribution in [1.29, 1.82) is 0 Å². The molecule has 5 heteroatoms. The quantitative estimate of drug-likeness (QED) is 0.810. The topological polar surface area (TPSA) is 75.3 Å². The summed E-state index contributed by atoms with van der Waals surface area (Å²) < 4.78 is 0. The molecule has 1 aliphatic rings. The standard InChI is InChI=1S/C16H15ClN2O2/c17-13-6-5-9(7-12(13)16(20)21)19-15-8-14(18)10-3-1-2-4-11(10)15/h1-7,14-15,19H,8,18H2,(H,20,21). The first-order valence-corrected chi connectivity index (χ1v) is 7.08. The van der Waals surface area contributed by atoms with Crippen molar-refractivity contribution < 1.29 is 9.90 Å². The van der Waals surface area contributed by atoms with Crippen LogP contribution in [0.5, 0.6) is 0 Å². The van der Waals surface area contributed by atoms with Crippen LogP contribution in [0, 0.1) is 0 Å². The number of nitrogens with two attached hydrogens (primary N) is 1. The maximum atomic E-state index is 11.1. The molecule has 0 aliphatic heterocycles. The van der Waals surface area contributed by atoms with Crippen LogP contribution >= 0.6 is 11.6 Å². The van der Waals surface area contributed by atoms with E-state index in [0.717, 1.165) is 23.2 Å². The van der Waals surface area contributed by atoms with Gasteiger partial charge in [0, 0.05) is 11.7 Å². The number of rotatable bonds is 3. The smallest absolute Gasteiger partial charge is 0.337 e. The predicted molar refractivity (Wildman–Crippen MR) is 82.8 cm³/mol. The van der Waals surface area contributed by atoms with Crippen molar-refractivity contribution in [1.82, 2.24) is 0 Å². The van der Waals surface area contributed by atoms with Crippen LogP contribution in [0.1, 0.15) is 40.0 Å². The van der Waals surface area contributed by atoms with E-state index >= 15 is 0 Å². The third kappa shape index (κ3) is 2.60. The van der Waals surface area contributed by atoms with Crippen LogP contribution in [-0.4, -0.2) is 11.1 Å². The van der Waals surface area contributed by atoms with Crippen molar-refractivity contribution in [2.75, 3.05) is 5.32 Å². The van der Waals surface area contributed by atoms with Crippen molar-refractivity contribution in [2.24, 2.45) is 5.73 Å². The van der Waals surface area contributed by atoms with Gasteiger partial charge in [0.15, 0.2) is 0 Å². The van der Waals surface area contributed by atoms with E-state index in [4.69, 9.17) is 22.4 Å². The van der Waals surface area contributed by atoms with Crippen molar-refractivity contribution in [3.05, 3.63) is 64.2 Å². The number of aromatic carboxylic acids is 1. The van der Waals surface area contributed by atoms with Crippen LogP contribution in [0.25, 0.3) is 0 Å². The zero-order chi connectivity index (χ0) is 15.0. The molecule has 0 heterocycles. The average Bonchev–Trinajstić information content (AvgIpc) is 2.78. The van der Waals surface area contributed by atoms with E-state index < -0.39 is 5.97 Å². The Balaban J connectivity index is 1.89. The molecule has 2 aromatic carbocycles. The predicted octanol–water partition coefficient (Wildman–Crippen LogP) is 3.59. The molecule has 2 aromatic rings. The molecule has 21 heavy (non-hydrogen) atoms. The van der Waals surface area contributed by atoms with Gasteiger partial charge in [0.25, 0.3) is 0 Å². The van der Waals surface area contributed by atoms with Gasteiger partial charge in [0.05, 0.1) is 16.6 Å². The lowest BCUT2D eigenvalue weighted by molar-refractivity contribution is 0.0697. The van der Waals surface area contributed by atoms with E-state index in [2.05, 4.69) is 5.32 Å². The molecule has 4 nitrogen and oxygen atoms in total. The highest BCUT2D eigenvalue weighted by atomic mass is 35.5. The Morgan fingerprint density at radius 1 is 1.24 bits per heavy atom. The van der Waals surface area contributed by atoms with E-state index in [1.807, 2.05) is 24.3 Å². The van der Waals surface area contributed by atoms with E-state index in [9.17, 15) is 4.79 Å². The average molecular weight is 303 g/mol. The lowest BCUT2D eigenvalue weighted by atomic mass is 10.1. The molecule has 4 N–H and O–H groups in total. The summed E-state index contributed by atoms with van der Waals surface area (Å²) in [4.78, 5) is 11.1. The highest BCUT2D eigenvalue weighted by Gasteiger charge is 2.28. The van der Waals surface area contributed by atoms with Gasteiger partial charge in [-0.3, -0.25) is 0 Å². The molecular formula is C16H15ClN2O2. The van der Waals surface area contributed by atoms with E-state index in [0.29, 0.717) is 0 Å². The summed E-state index contributed by atoms with van der Waals surface area (Å²) in [5, 5.41) is 12.7. The van der Waals surface area contributed by atoms with Crippen LogP contribution < -0.4 is 11.1 Å². The summed E-state index contributed by atoms with van der Waals surface area (Å²) in [6, 6.07) is 13.1. The van der Waals surface area contributed by atoms with E-state index in [-0.39, 0.29) is 22.7 Å². The summed E-state index contributed by atoms with van der Waals surface area (Å²) in [5.41, 5.74) is 9.26. The van der Waals surface area contributed by atoms with Gasteiger partial charge in [-0.25, -0.2) is 4.79 Å². The second kappa shape index (κ2) is 5.39. The largest absolute Gasteiger partial charge is 0.478 e. The van der Waals surface area contributed by atoms with Crippen LogP contribution in [0.3, 0.4) is 0 Å². The molecule has 0 saturated carbocycles. The van der Waals surface area contributed by atoms with Crippen LogP contribution in [0.4, 0.5) is 5.69 Å². The molecule has 2 atom stereocenters. The number of hydrogen-bond donors (Lipinski definition) is 3. The second-order valence-electron chi connectivity index (χ2n) is 5.17. The minimum absolute atomic E-state index is 0.00458. The third-order valence-electron chi connectivity index (χ3n) is 3.80. The van der Waals surface area contributed by atoms with Crippen LogP contribution in [0.2, 0.25) is 5.02 Å². The number of nitrogens with one attached hydrogen (secondary N) is 1. The van der Waals surface area contributed by atoms with Crippen LogP contribution in [-0.2, 0) is 0 Å². The molecule has 2 unspecified atom stereocenters. The second-order valence-corrected chi connectivity index (χ2v) is 5.58. The molecule has 0 radical (unpaired) electrons. The summed E-state index contributed by atoms with van der Waals surface area (Å²) in [6.07, 6.45) is 0.782. The fraction of sp³-hybridized carbons (Fsp3) is 0.188. The zero-order valence-electron chi connectivity index (χ0n) is 11.2. The first kappa shape index (κ1) is 13.9. The summed E-state index contributed by atoms with van der Waals surface area (Å²) in [6.45, 7) is 0. The SMILES string of the molecule is NC1CC(Nc2ccc(Cl)c(C(=O)O)c2)c2ccccc21. The molecule has 0 aromatic heterocycles. The van der Waals surface area contributed by atoms with Gasteiger partial charge in [-0.15, -0.1) is 0 Å². The molecule has 3 rings (SSSR count). The highest BCUT2D eigenvalue weighted by Crippen LogP contribution is 2.39.